The van der Waals surface area contributed by atoms with Gasteiger partial charge in [0, 0.05) is 43.9 Å². The molecule has 5 heteroatoms. The third-order valence-electron chi connectivity index (χ3n) is 5.34. The van der Waals surface area contributed by atoms with Gasteiger partial charge in [0.1, 0.15) is 0 Å². The number of likely N-dealkylation sites (tertiary alicyclic amines) is 1. The quantitative estimate of drug-likeness (QED) is 0.852. The standard InChI is InChI=1S/C20H25N3O2/c1-2-20(15-24)9-12-22(13-10-20)19(25)8-5-17-3-6-18(7-4-17)23-14-11-21-16-23/h3-8,11,14,16,24H,2,9-10,12-13,15H2,1H3/b8-5+. The van der Waals surface area contributed by atoms with E-state index in [9.17, 15) is 9.90 Å². The first-order valence-corrected chi connectivity index (χ1v) is 8.82. The number of benzene rings is 1. The predicted octanol–water partition coefficient (Wildman–Crippen LogP) is 2.90. The van der Waals surface area contributed by atoms with E-state index >= 15 is 0 Å². The van der Waals surface area contributed by atoms with Gasteiger partial charge < -0.3 is 14.6 Å². The van der Waals surface area contributed by atoms with Gasteiger partial charge in [-0.2, -0.15) is 0 Å². The molecular weight excluding hydrogens is 314 g/mol. The van der Waals surface area contributed by atoms with Crippen molar-refractivity contribution in [2.75, 3.05) is 19.7 Å². The summed E-state index contributed by atoms with van der Waals surface area (Å²) in [5.41, 5.74) is 2.04. The summed E-state index contributed by atoms with van der Waals surface area (Å²) in [4.78, 5) is 18.3. The van der Waals surface area contributed by atoms with Gasteiger partial charge in [0.05, 0.1) is 6.33 Å². The van der Waals surface area contributed by atoms with Crippen molar-refractivity contribution in [3.63, 3.8) is 0 Å². The van der Waals surface area contributed by atoms with Crippen molar-refractivity contribution in [2.24, 2.45) is 5.41 Å². The monoisotopic (exact) mass is 339 g/mol. The third kappa shape index (κ3) is 3.99. The van der Waals surface area contributed by atoms with Crippen molar-refractivity contribution in [3.8, 4) is 5.69 Å². The van der Waals surface area contributed by atoms with E-state index in [0.29, 0.717) is 0 Å². The number of imidazole rings is 1. The Labute approximate surface area is 148 Å². The number of piperidine rings is 1. The van der Waals surface area contributed by atoms with E-state index in [0.717, 1.165) is 43.6 Å². The molecule has 1 aliphatic rings. The number of aliphatic hydroxyl groups is 1. The lowest BCUT2D eigenvalue weighted by atomic mass is 9.77. The van der Waals surface area contributed by atoms with Gasteiger partial charge in [0.2, 0.25) is 5.91 Å². The molecule has 1 fully saturated rings. The normalized spacial score (nSPS) is 17.1. The lowest BCUT2D eigenvalue weighted by Gasteiger charge is -2.39. The Bertz CT molecular complexity index is 706. The first-order valence-electron chi connectivity index (χ1n) is 8.82. The van der Waals surface area contributed by atoms with Crippen LogP contribution in [0.5, 0.6) is 0 Å². The Morgan fingerprint density at radius 1 is 1.28 bits per heavy atom. The van der Waals surface area contributed by atoms with E-state index in [-0.39, 0.29) is 17.9 Å². The zero-order valence-corrected chi connectivity index (χ0v) is 14.6. The molecule has 132 valence electrons. The highest BCUT2D eigenvalue weighted by Gasteiger charge is 2.33. The van der Waals surface area contributed by atoms with Gasteiger partial charge in [-0.05, 0) is 48.4 Å². The summed E-state index contributed by atoms with van der Waals surface area (Å²) in [5, 5.41) is 9.59. The Morgan fingerprint density at radius 3 is 2.56 bits per heavy atom. The minimum absolute atomic E-state index is 0.00362. The molecular formula is C20H25N3O2. The van der Waals surface area contributed by atoms with Crippen LogP contribution < -0.4 is 0 Å². The number of hydrogen-bond acceptors (Lipinski definition) is 3. The van der Waals surface area contributed by atoms with E-state index < -0.39 is 0 Å². The van der Waals surface area contributed by atoms with Crippen LogP contribution in [0.4, 0.5) is 0 Å². The van der Waals surface area contributed by atoms with Crippen molar-refractivity contribution < 1.29 is 9.90 Å². The number of aliphatic hydroxyl groups excluding tert-OH is 1. The van der Waals surface area contributed by atoms with Gasteiger partial charge >= 0.3 is 0 Å². The molecule has 0 radical (unpaired) electrons. The largest absolute Gasteiger partial charge is 0.396 e. The van der Waals surface area contributed by atoms with Crippen LogP contribution in [0.25, 0.3) is 11.8 Å². The number of hydrogen-bond donors (Lipinski definition) is 1. The molecule has 0 aliphatic carbocycles. The van der Waals surface area contributed by atoms with Crippen molar-refractivity contribution in [2.45, 2.75) is 26.2 Å². The average Bonchev–Trinajstić information content (AvgIpc) is 3.21. The van der Waals surface area contributed by atoms with Crippen LogP contribution >= 0.6 is 0 Å². The number of carbonyl (C=O) groups excluding carboxylic acids is 1. The molecule has 2 heterocycles. The van der Waals surface area contributed by atoms with Crippen LogP contribution in [0.15, 0.2) is 49.1 Å². The van der Waals surface area contributed by atoms with Crippen LogP contribution in [0.3, 0.4) is 0 Å². The highest BCUT2D eigenvalue weighted by Crippen LogP contribution is 2.34. The maximum atomic E-state index is 12.4. The topological polar surface area (TPSA) is 58.4 Å². The summed E-state index contributed by atoms with van der Waals surface area (Å²) in [7, 11) is 0. The van der Waals surface area contributed by atoms with E-state index in [4.69, 9.17) is 0 Å². The molecule has 0 spiro atoms. The molecule has 5 nitrogen and oxygen atoms in total. The number of amides is 1. The SMILES string of the molecule is CCC1(CO)CCN(C(=O)/C=C/c2ccc(-n3ccnc3)cc2)CC1. The minimum Gasteiger partial charge on any atom is -0.396 e. The van der Waals surface area contributed by atoms with Crippen LogP contribution in [0.1, 0.15) is 31.7 Å². The van der Waals surface area contributed by atoms with Gasteiger partial charge in [-0.25, -0.2) is 4.98 Å². The lowest BCUT2D eigenvalue weighted by molar-refractivity contribution is -0.128. The van der Waals surface area contributed by atoms with Gasteiger partial charge in [-0.15, -0.1) is 0 Å². The molecule has 1 amide bonds. The molecule has 1 aliphatic heterocycles. The zero-order valence-electron chi connectivity index (χ0n) is 14.6. The molecule has 1 aromatic carbocycles. The number of aromatic nitrogens is 2. The van der Waals surface area contributed by atoms with Crippen LogP contribution in [-0.2, 0) is 4.79 Å². The first-order chi connectivity index (χ1) is 12.2. The van der Waals surface area contributed by atoms with Crippen molar-refractivity contribution >= 4 is 12.0 Å². The zero-order chi connectivity index (χ0) is 17.7. The van der Waals surface area contributed by atoms with E-state index in [1.807, 2.05) is 46.0 Å². The summed E-state index contributed by atoms with van der Waals surface area (Å²) in [5.74, 6) is 0.0429. The Balaban J connectivity index is 1.58. The minimum atomic E-state index is 0.00362. The second-order valence-corrected chi connectivity index (χ2v) is 6.73. The molecule has 3 rings (SSSR count). The Kier molecular flexibility index (Phi) is 5.34. The summed E-state index contributed by atoms with van der Waals surface area (Å²) in [6, 6.07) is 7.99. The predicted molar refractivity (Wildman–Crippen MR) is 98.2 cm³/mol. The summed E-state index contributed by atoms with van der Waals surface area (Å²) >= 11 is 0. The maximum absolute atomic E-state index is 12.4. The molecule has 2 aromatic rings. The van der Waals surface area contributed by atoms with Crippen molar-refractivity contribution in [3.05, 3.63) is 54.6 Å². The van der Waals surface area contributed by atoms with Crippen LogP contribution in [0.2, 0.25) is 0 Å². The maximum Gasteiger partial charge on any atom is 0.246 e. The smallest absolute Gasteiger partial charge is 0.246 e. The molecule has 0 unspecified atom stereocenters. The van der Waals surface area contributed by atoms with E-state index in [1.54, 1.807) is 18.6 Å². The summed E-state index contributed by atoms with van der Waals surface area (Å²) < 4.78 is 1.94. The lowest BCUT2D eigenvalue weighted by Crippen LogP contribution is -2.43. The summed E-state index contributed by atoms with van der Waals surface area (Å²) in [6.07, 6.45) is 11.6. The fraction of sp³-hybridized carbons (Fsp3) is 0.400. The fourth-order valence-corrected chi connectivity index (χ4v) is 3.27. The molecule has 0 atom stereocenters. The van der Waals surface area contributed by atoms with Gasteiger partial charge in [0.15, 0.2) is 0 Å². The van der Waals surface area contributed by atoms with E-state index in [2.05, 4.69) is 11.9 Å². The summed E-state index contributed by atoms with van der Waals surface area (Å²) in [6.45, 7) is 3.76. The molecule has 1 N–H and O–H groups in total. The number of carbonyl (C=O) groups is 1. The Hall–Kier alpha value is -2.40. The second-order valence-electron chi connectivity index (χ2n) is 6.73. The highest BCUT2D eigenvalue weighted by atomic mass is 16.3. The van der Waals surface area contributed by atoms with Gasteiger partial charge in [-0.1, -0.05) is 19.1 Å². The molecule has 1 aromatic heterocycles. The molecule has 1 saturated heterocycles. The second kappa shape index (κ2) is 7.66. The van der Waals surface area contributed by atoms with Crippen LogP contribution in [-0.4, -0.2) is 45.2 Å². The van der Waals surface area contributed by atoms with Crippen molar-refractivity contribution in [1.82, 2.24) is 14.5 Å². The fourth-order valence-electron chi connectivity index (χ4n) is 3.27. The highest BCUT2D eigenvalue weighted by molar-refractivity contribution is 5.91. The molecule has 0 bridgehead atoms. The average molecular weight is 339 g/mol. The van der Waals surface area contributed by atoms with Crippen LogP contribution in [0, 0.1) is 5.41 Å². The first kappa shape index (κ1) is 17.4. The third-order valence-corrected chi connectivity index (χ3v) is 5.34. The number of rotatable bonds is 5. The Morgan fingerprint density at radius 2 is 2.00 bits per heavy atom. The molecule has 0 saturated carbocycles. The number of nitrogens with zero attached hydrogens (tertiary/aromatic N) is 3. The van der Waals surface area contributed by atoms with Gasteiger partial charge in [-0.3, -0.25) is 4.79 Å². The van der Waals surface area contributed by atoms with Gasteiger partial charge in [0.25, 0.3) is 0 Å². The molecule has 25 heavy (non-hydrogen) atoms. The van der Waals surface area contributed by atoms with E-state index in [1.165, 1.54) is 0 Å². The van der Waals surface area contributed by atoms with Crippen molar-refractivity contribution in [1.29, 1.82) is 0 Å².